The van der Waals surface area contributed by atoms with Gasteiger partial charge >= 0.3 is 0 Å². The Kier molecular flexibility index (Phi) is 2.35. The van der Waals surface area contributed by atoms with Crippen LogP contribution in [0.3, 0.4) is 0 Å². The van der Waals surface area contributed by atoms with Crippen molar-refractivity contribution in [2.45, 2.75) is 44.4 Å². The first-order valence-electron chi connectivity index (χ1n) is 4.26. The molecule has 0 spiro atoms. The predicted molar refractivity (Wildman–Crippen MR) is 50.1 cm³/mol. The summed E-state index contributed by atoms with van der Waals surface area (Å²) in [6.07, 6.45) is 8.83. The average Bonchev–Trinajstić information content (AvgIpc) is 1.88. The molecule has 0 aromatic heterocycles. The molecule has 1 heteroatoms. The molecule has 0 N–H and O–H groups in total. The third kappa shape index (κ3) is 1.98. The van der Waals surface area contributed by atoms with Gasteiger partial charge in [-0.1, -0.05) is 31.8 Å². The fraction of sp³-hybridized carbons (Fsp3) is 0.778. The summed E-state index contributed by atoms with van der Waals surface area (Å²) < 4.78 is 0. The molecule has 1 atom stereocenters. The van der Waals surface area contributed by atoms with Gasteiger partial charge < -0.3 is 0 Å². The van der Waals surface area contributed by atoms with Gasteiger partial charge in [0.2, 0.25) is 0 Å². The molecule has 0 fully saturated rings. The van der Waals surface area contributed by atoms with Crippen molar-refractivity contribution in [3.05, 3.63) is 12.2 Å². The maximum Gasteiger partial charge on any atom is 0.0476 e. The second-order valence-corrected chi connectivity index (χ2v) is 9.90. The maximum absolute atomic E-state index is 2.48. The molecule has 0 saturated heterocycles. The predicted octanol–water partition coefficient (Wildman–Crippen LogP) is 3.43. The minimum Gasteiger partial charge on any atom is -0.0885 e. The van der Waals surface area contributed by atoms with E-state index in [2.05, 4.69) is 31.8 Å². The van der Waals surface area contributed by atoms with Crippen molar-refractivity contribution in [1.82, 2.24) is 0 Å². The summed E-state index contributed by atoms with van der Waals surface area (Å²) in [6, 6.07) is 0. The van der Waals surface area contributed by atoms with Crippen LogP contribution in [0.25, 0.3) is 0 Å². The van der Waals surface area contributed by atoms with E-state index in [1.807, 2.05) is 0 Å². The number of hydrogen-bond donors (Lipinski definition) is 0. The van der Waals surface area contributed by atoms with Crippen molar-refractivity contribution >= 4 is 8.07 Å². The van der Waals surface area contributed by atoms with Crippen LogP contribution in [-0.2, 0) is 0 Å². The minimum absolute atomic E-state index is 0.808. The molecule has 0 bridgehead atoms. The van der Waals surface area contributed by atoms with Crippen LogP contribution in [0.4, 0.5) is 0 Å². The zero-order valence-corrected chi connectivity index (χ0v) is 8.35. The summed E-state index contributed by atoms with van der Waals surface area (Å²) >= 11 is 0. The normalized spacial score (nSPS) is 26.9. The van der Waals surface area contributed by atoms with Gasteiger partial charge in [-0.2, -0.15) is 0 Å². The molecule has 0 aromatic rings. The minimum atomic E-state index is -0.808. The summed E-state index contributed by atoms with van der Waals surface area (Å²) in [4.78, 5) is 0. The van der Waals surface area contributed by atoms with E-state index in [9.17, 15) is 0 Å². The Labute approximate surface area is 65.3 Å². The van der Waals surface area contributed by atoms with Gasteiger partial charge in [-0.3, -0.25) is 0 Å². The number of allylic oxidation sites excluding steroid dienone is 2. The fourth-order valence-electron chi connectivity index (χ4n) is 1.58. The van der Waals surface area contributed by atoms with Crippen LogP contribution in [0.1, 0.15) is 19.3 Å². The lowest BCUT2D eigenvalue weighted by molar-refractivity contribution is 0.703. The first kappa shape index (κ1) is 8.06. The smallest absolute Gasteiger partial charge is 0.0476 e. The molecular weight excluding hydrogens is 136 g/mol. The highest BCUT2D eigenvalue weighted by molar-refractivity contribution is 6.77. The largest absolute Gasteiger partial charge is 0.0885 e. The topological polar surface area (TPSA) is 0 Å². The quantitative estimate of drug-likeness (QED) is 0.401. The highest BCUT2D eigenvalue weighted by atomic mass is 28.3. The van der Waals surface area contributed by atoms with Crippen LogP contribution in [0, 0.1) is 0 Å². The Balaban J connectivity index is 2.49. The molecule has 0 amide bonds. The van der Waals surface area contributed by atoms with Gasteiger partial charge in [-0.25, -0.2) is 0 Å². The Morgan fingerprint density at radius 3 is 2.20 bits per heavy atom. The number of hydrogen-bond acceptors (Lipinski definition) is 0. The van der Waals surface area contributed by atoms with Gasteiger partial charge in [0.05, 0.1) is 0 Å². The lowest BCUT2D eigenvalue weighted by Gasteiger charge is -2.29. The zero-order valence-electron chi connectivity index (χ0n) is 7.35. The van der Waals surface area contributed by atoms with Crippen molar-refractivity contribution in [1.29, 1.82) is 0 Å². The lowest BCUT2D eigenvalue weighted by Crippen LogP contribution is -2.28. The molecule has 1 aliphatic rings. The van der Waals surface area contributed by atoms with Crippen molar-refractivity contribution in [2.75, 3.05) is 0 Å². The number of rotatable bonds is 1. The van der Waals surface area contributed by atoms with Gasteiger partial charge in [-0.15, -0.1) is 0 Å². The highest BCUT2D eigenvalue weighted by Gasteiger charge is 2.25. The molecule has 10 heavy (non-hydrogen) atoms. The summed E-state index contributed by atoms with van der Waals surface area (Å²) in [5, 5.41) is 0. The molecule has 0 aromatic carbocycles. The Morgan fingerprint density at radius 2 is 1.90 bits per heavy atom. The van der Waals surface area contributed by atoms with E-state index in [1.165, 1.54) is 19.3 Å². The lowest BCUT2D eigenvalue weighted by atomic mass is 10.1. The van der Waals surface area contributed by atoms with Crippen LogP contribution in [-0.4, -0.2) is 8.07 Å². The van der Waals surface area contributed by atoms with Crippen molar-refractivity contribution < 1.29 is 0 Å². The van der Waals surface area contributed by atoms with Crippen LogP contribution < -0.4 is 0 Å². The Bertz CT molecular complexity index is 130. The van der Waals surface area contributed by atoms with Crippen LogP contribution in [0.2, 0.25) is 25.2 Å². The van der Waals surface area contributed by atoms with Crippen LogP contribution >= 0.6 is 0 Å². The van der Waals surface area contributed by atoms with E-state index < -0.39 is 8.07 Å². The van der Waals surface area contributed by atoms with Crippen molar-refractivity contribution in [2.24, 2.45) is 0 Å². The van der Waals surface area contributed by atoms with E-state index >= 15 is 0 Å². The van der Waals surface area contributed by atoms with E-state index in [0.29, 0.717) is 0 Å². The first-order valence-corrected chi connectivity index (χ1v) is 7.83. The third-order valence-electron chi connectivity index (χ3n) is 2.49. The van der Waals surface area contributed by atoms with Gasteiger partial charge in [0.1, 0.15) is 0 Å². The molecule has 1 rings (SSSR count). The van der Waals surface area contributed by atoms with Crippen LogP contribution in [0.15, 0.2) is 12.2 Å². The molecule has 0 nitrogen and oxygen atoms in total. The average molecular weight is 154 g/mol. The van der Waals surface area contributed by atoms with Crippen molar-refractivity contribution in [3.63, 3.8) is 0 Å². The van der Waals surface area contributed by atoms with E-state index in [0.717, 1.165) is 5.54 Å². The van der Waals surface area contributed by atoms with Crippen molar-refractivity contribution in [3.8, 4) is 0 Å². The third-order valence-corrected chi connectivity index (χ3v) is 5.47. The van der Waals surface area contributed by atoms with Gasteiger partial charge in [-0.05, 0) is 24.8 Å². The molecule has 0 heterocycles. The standard InChI is InChI=1S/C9H18Si/c1-10(2,3)9-7-5-4-6-8-9/h4-5,9H,6-8H2,1-3H3. The molecular formula is C9H18Si. The molecule has 1 unspecified atom stereocenters. The van der Waals surface area contributed by atoms with E-state index in [1.54, 1.807) is 0 Å². The maximum atomic E-state index is 2.48. The summed E-state index contributed by atoms with van der Waals surface area (Å²) in [5.41, 5.74) is 1.05. The van der Waals surface area contributed by atoms with E-state index in [4.69, 9.17) is 0 Å². The SMILES string of the molecule is C[Si](C)(C)C1CC=CCC1. The second kappa shape index (κ2) is 2.91. The van der Waals surface area contributed by atoms with Crippen LogP contribution in [0.5, 0.6) is 0 Å². The molecule has 1 aliphatic carbocycles. The highest BCUT2D eigenvalue weighted by Crippen LogP contribution is 2.33. The Morgan fingerprint density at radius 1 is 1.20 bits per heavy atom. The first-order chi connectivity index (χ1) is 4.61. The molecule has 0 radical (unpaired) electrons. The molecule has 58 valence electrons. The second-order valence-electron chi connectivity index (χ2n) is 4.35. The monoisotopic (exact) mass is 154 g/mol. The summed E-state index contributed by atoms with van der Waals surface area (Å²) in [6.45, 7) is 7.45. The van der Waals surface area contributed by atoms with E-state index in [-0.39, 0.29) is 0 Å². The molecule has 0 aliphatic heterocycles. The summed E-state index contributed by atoms with van der Waals surface area (Å²) in [5.74, 6) is 0. The fourth-order valence-corrected chi connectivity index (χ4v) is 3.46. The van der Waals surface area contributed by atoms with Gasteiger partial charge in [0.15, 0.2) is 0 Å². The molecule has 0 saturated carbocycles. The Hall–Kier alpha value is -0.0431. The van der Waals surface area contributed by atoms with Gasteiger partial charge in [0, 0.05) is 8.07 Å². The summed E-state index contributed by atoms with van der Waals surface area (Å²) in [7, 11) is -0.808. The van der Waals surface area contributed by atoms with Gasteiger partial charge in [0.25, 0.3) is 0 Å². The zero-order chi connectivity index (χ0) is 7.61.